The number of nitrogens with two attached hydrogens (primary N) is 1. The lowest BCUT2D eigenvalue weighted by atomic mass is 9.90. The topological polar surface area (TPSA) is 64.1 Å². The zero-order chi connectivity index (χ0) is 12.8. The molecule has 2 unspecified atom stereocenters. The largest absolute Gasteiger partial charge is 0.385 e. The highest BCUT2D eigenvalue weighted by atomic mass is 16.3. The van der Waals surface area contributed by atoms with Gasteiger partial charge in [0.15, 0.2) is 0 Å². The predicted octanol–water partition coefficient (Wildman–Crippen LogP) is 1.25. The fourth-order valence-electron chi connectivity index (χ4n) is 2.90. The van der Waals surface area contributed by atoms with Gasteiger partial charge in [-0.25, -0.2) is 0 Å². The van der Waals surface area contributed by atoms with Crippen molar-refractivity contribution in [2.75, 3.05) is 0 Å². The molecular formula is C14H17N3O. The Morgan fingerprint density at radius 2 is 2.28 bits per heavy atom. The lowest BCUT2D eigenvalue weighted by Gasteiger charge is -2.23. The summed E-state index contributed by atoms with van der Waals surface area (Å²) < 4.78 is 1.75. The first-order valence-electron chi connectivity index (χ1n) is 6.13. The van der Waals surface area contributed by atoms with Crippen LogP contribution in [0.4, 0.5) is 0 Å². The molecule has 4 heteroatoms. The number of benzene rings is 1. The standard InChI is InChI=1S/C14H17N3O/c1-17-9-10(8-16-17)6-14(18)7-13(15)11-4-2-3-5-12(11)14/h2-5,8-9,13,18H,6-7,15H2,1H3. The van der Waals surface area contributed by atoms with E-state index in [1.807, 2.05) is 37.5 Å². The number of fused-ring (bicyclic) bond motifs is 1. The van der Waals surface area contributed by atoms with Crippen LogP contribution in [0.2, 0.25) is 0 Å². The lowest BCUT2D eigenvalue weighted by Crippen LogP contribution is -2.26. The Morgan fingerprint density at radius 3 is 3.00 bits per heavy atom. The van der Waals surface area contributed by atoms with Crippen molar-refractivity contribution in [2.45, 2.75) is 24.5 Å². The fourth-order valence-corrected chi connectivity index (χ4v) is 2.90. The second-order valence-corrected chi connectivity index (χ2v) is 5.13. The second kappa shape index (κ2) is 3.93. The Balaban J connectivity index is 1.97. The van der Waals surface area contributed by atoms with Crippen molar-refractivity contribution in [3.8, 4) is 0 Å². The summed E-state index contributed by atoms with van der Waals surface area (Å²) in [6, 6.07) is 7.81. The molecule has 1 aliphatic rings. The van der Waals surface area contributed by atoms with Crippen LogP contribution in [0.1, 0.15) is 29.2 Å². The summed E-state index contributed by atoms with van der Waals surface area (Å²) in [4.78, 5) is 0. The van der Waals surface area contributed by atoms with Gasteiger partial charge in [0, 0.05) is 25.7 Å². The number of hydrogen-bond donors (Lipinski definition) is 2. The molecule has 0 fully saturated rings. The molecule has 1 heterocycles. The van der Waals surface area contributed by atoms with E-state index in [4.69, 9.17) is 5.73 Å². The summed E-state index contributed by atoms with van der Waals surface area (Å²) in [6.07, 6.45) is 4.86. The Bertz CT molecular complexity index is 578. The van der Waals surface area contributed by atoms with Crippen LogP contribution in [-0.4, -0.2) is 14.9 Å². The molecule has 0 aliphatic heterocycles. The molecule has 4 nitrogen and oxygen atoms in total. The molecule has 3 N–H and O–H groups in total. The van der Waals surface area contributed by atoms with Crippen molar-refractivity contribution >= 4 is 0 Å². The van der Waals surface area contributed by atoms with Crippen molar-refractivity contribution < 1.29 is 5.11 Å². The monoisotopic (exact) mass is 243 g/mol. The number of nitrogens with zero attached hydrogens (tertiary/aromatic N) is 2. The van der Waals surface area contributed by atoms with E-state index in [2.05, 4.69) is 5.10 Å². The maximum absolute atomic E-state index is 10.9. The minimum absolute atomic E-state index is 0.0807. The van der Waals surface area contributed by atoms with Crippen LogP contribution in [-0.2, 0) is 19.1 Å². The van der Waals surface area contributed by atoms with Gasteiger partial charge in [-0.05, 0) is 23.1 Å². The van der Waals surface area contributed by atoms with Gasteiger partial charge in [-0.3, -0.25) is 4.68 Å². The van der Waals surface area contributed by atoms with E-state index in [-0.39, 0.29) is 6.04 Å². The summed E-state index contributed by atoms with van der Waals surface area (Å²) in [5.41, 5.74) is 8.29. The van der Waals surface area contributed by atoms with E-state index >= 15 is 0 Å². The van der Waals surface area contributed by atoms with Gasteiger partial charge >= 0.3 is 0 Å². The molecule has 1 aromatic carbocycles. The van der Waals surface area contributed by atoms with Gasteiger partial charge in [0.2, 0.25) is 0 Å². The molecule has 0 saturated heterocycles. The average molecular weight is 243 g/mol. The predicted molar refractivity (Wildman–Crippen MR) is 68.8 cm³/mol. The third-order valence-electron chi connectivity index (χ3n) is 3.67. The van der Waals surface area contributed by atoms with Gasteiger partial charge in [0.05, 0.1) is 11.8 Å². The van der Waals surface area contributed by atoms with Gasteiger partial charge in [-0.2, -0.15) is 5.10 Å². The molecule has 0 amide bonds. The summed E-state index contributed by atoms with van der Waals surface area (Å²) in [5.74, 6) is 0. The van der Waals surface area contributed by atoms with E-state index in [0.717, 1.165) is 16.7 Å². The zero-order valence-electron chi connectivity index (χ0n) is 10.4. The number of aryl methyl sites for hydroxylation is 1. The van der Waals surface area contributed by atoms with Gasteiger partial charge in [0.25, 0.3) is 0 Å². The van der Waals surface area contributed by atoms with E-state index in [0.29, 0.717) is 12.8 Å². The SMILES string of the molecule is Cn1cc(CC2(O)CC(N)c3ccccc32)cn1. The van der Waals surface area contributed by atoms with Gasteiger partial charge < -0.3 is 10.8 Å². The Morgan fingerprint density at radius 1 is 1.50 bits per heavy atom. The molecule has 3 rings (SSSR count). The molecule has 0 spiro atoms. The van der Waals surface area contributed by atoms with Crippen LogP contribution < -0.4 is 5.73 Å². The summed E-state index contributed by atoms with van der Waals surface area (Å²) in [6.45, 7) is 0. The molecule has 94 valence electrons. The second-order valence-electron chi connectivity index (χ2n) is 5.13. The minimum Gasteiger partial charge on any atom is -0.385 e. The summed E-state index contributed by atoms with van der Waals surface area (Å²) >= 11 is 0. The van der Waals surface area contributed by atoms with E-state index in [1.165, 1.54) is 0 Å². The van der Waals surface area contributed by atoms with Crippen LogP contribution in [0.25, 0.3) is 0 Å². The van der Waals surface area contributed by atoms with E-state index < -0.39 is 5.60 Å². The van der Waals surface area contributed by atoms with E-state index in [1.54, 1.807) is 10.9 Å². The van der Waals surface area contributed by atoms with Gasteiger partial charge in [-0.1, -0.05) is 24.3 Å². The number of aromatic nitrogens is 2. The Hall–Kier alpha value is -1.65. The van der Waals surface area contributed by atoms with Crippen molar-refractivity contribution in [1.82, 2.24) is 9.78 Å². The van der Waals surface area contributed by atoms with Crippen LogP contribution in [0, 0.1) is 0 Å². The fraction of sp³-hybridized carbons (Fsp3) is 0.357. The number of hydrogen-bond acceptors (Lipinski definition) is 3. The maximum atomic E-state index is 10.9. The molecule has 2 aromatic rings. The summed E-state index contributed by atoms with van der Waals surface area (Å²) in [7, 11) is 1.88. The molecule has 18 heavy (non-hydrogen) atoms. The lowest BCUT2D eigenvalue weighted by molar-refractivity contribution is 0.0342. The molecule has 2 atom stereocenters. The quantitative estimate of drug-likeness (QED) is 0.834. The van der Waals surface area contributed by atoms with E-state index in [9.17, 15) is 5.11 Å². The van der Waals surface area contributed by atoms with Gasteiger partial charge in [0.1, 0.15) is 0 Å². The third-order valence-corrected chi connectivity index (χ3v) is 3.67. The molecule has 0 radical (unpaired) electrons. The van der Waals surface area contributed by atoms with Crippen LogP contribution in [0.15, 0.2) is 36.7 Å². The highest BCUT2D eigenvalue weighted by Gasteiger charge is 2.40. The zero-order valence-corrected chi connectivity index (χ0v) is 10.4. The highest BCUT2D eigenvalue weighted by Crippen LogP contribution is 2.43. The molecule has 0 bridgehead atoms. The van der Waals surface area contributed by atoms with Crippen LogP contribution in [0.5, 0.6) is 0 Å². The molecular weight excluding hydrogens is 226 g/mol. The Labute approximate surface area is 106 Å². The first-order chi connectivity index (χ1) is 8.58. The number of rotatable bonds is 2. The van der Waals surface area contributed by atoms with Crippen molar-refractivity contribution in [3.05, 3.63) is 53.3 Å². The summed E-state index contributed by atoms with van der Waals surface area (Å²) in [5, 5.41) is 15.0. The molecule has 1 aromatic heterocycles. The van der Waals surface area contributed by atoms with Crippen LogP contribution in [0.3, 0.4) is 0 Å². The minimum atomic E-state index is -0.862. The van der Waals surface area contributed by atoms with Crippen molar-refractivity contribution in [3.63, 3.8) is 0 Å². The highest BCUT2D eigenvalue weighted by molar-refractivity contribution is 5.41. The third kappa shape index (κ3) is 1.74. The average Bonchev–Trinajstić information content (AvgIpc) is 2.84. The van der Waals surface area contributed by atoms with Crippen LogP contribution >= 0.6 is 0 Å². The number of aliphatic hydroxyl groups is 1. The smallest absolute Gasteiger partial charge is 0.0959 e. The molecule has 0 saturated carbocycles. The first kappa shape index (κ1) is 11.4. The first-order valence-corrected chi connectivity index (χ1v) is 6.13. The van der Waals surface area contributed by atoms with Crippen molar-refractivity contribution in [2.24, 2.45) is 12.8 Å². The maximum Gasteiger partial charge on any atom is 0.0959 e. The van der Waals surface area contributed by atoms with Crippen molar-refractivity contribution in [1.29, 1.82) is 0 Å². The normalized spacial score (nSPS) is 26.3. The molecule has 1 aliphatic carbocycles. The van der Waals surface area contributed by atoms with Gasteiger partial charge in [-0.15, -0.1) is 0 Å². The Kier molecular flexibility index (Phi) is 2.50.